The first kappa shape index (κ1) is 19.1. The van der Waals surface area contributed by atoms with Crippen LogP contribution in [0.3, 0.4) is 0 Å². The summed E-state index contributed by atoms with van der Waals surface area (Å²) in [6.45, 7) is 0.811. The fraction of sp³-hybridized carbons (Fsp3) is 0.103. The second-order valence-electron chi connectivity index (χ2n) is 8.97. The summed E-state index contributed by atoms with van der Waals surface area (Å²) in [5.74, 6) is 0. The first-order chi connectivity index (χ1) is 16.8. The average Bonchev–Trinajstić information content (AvgIpc) is 3.61. The Balaban J connectivity index is 1.50. The topological polar surface area (TPSA) is 48.0 Å². The molecule has 5 heteroatoms. The van der Waals surface area contributed by atoms with E-state index < -0.39 is 5.41 Å². The van der Waals surface area contributed by atoms with Gasteiger partial charge >= 0.3 is 0 Å². The molecule has 0 saturated carbocycles. The maximum atomic E-state index is 4.97. The van der Waals surface area contributed by atoms with Gasteiger partial charge in [0.05, 0.1) is 29.4 Å². The smallest absolute Gasteiger partial charge is 0.105 e. The fourth-order valence-corrected chi connectivity index (χ4v) is 5.79. The van der Waals surface area contributed by atoms with Crippen molar-refractivity contribution in [2.24, 2.45) is 0 Å². The lowest BCUT2D eigenvalue weighted by Gasteiger charge is -2.32. The van der Waals surface area contributed by atoms with E-state index >= 15 is 0 Å². The molecule has 0 bridgehead atoms. The molecule has 1 unspecified atom stereocenters. The van der Waals surface area contributed by atoms with Crippen LogP contribution in [-0.2, 0) is 5.41 Å². The second kappa shape index (κ2) is 7.06. The molecule has 1 aliphatic carbocycles. The monoisotopic (exact) mass is 441 g/mol. The lowest BCUT2D eigenvalue weighted by Crippen LogP contribution is -2.31. The van der Waals surface area contributed by atoms with Gasteiger partial charge in [0.25, 0.3) is 0 Å². The van der Waals surface area contributed by atoms with E-state index in [9.17, 15) is 0 Å². The van der Waals surface area contributed by atoms with Gasteiger partial charge in [-0.05, 0) is 53.1 Å². The Kier molecular flexibility index (Phi) is 3.97. The van der Waals surface area contributed by atoms with E-state index in [1.807, 2.05) is 18.5 Å². The predicted molar refractivity (Wildman–Crippen MR) is 136 cm³/mol. The van der Waals surface area contributed by atoms with Crippen molar-refractivity contribution in [3.05, 3.63) is 126 Å². The van der Waals surface area contributed by atoms with Crippen molar-refractivity contribution in [2.45, 2.75) is 5.41 Å². The molecule has 0 amide bonds. The van der Waals surface area contributed by atoms with E-state index in [0.717, 1.165) is 23.7 Å². The Bertz CT molecular complexity index is 1480. The van der Waals surface area contributed by atoms with Crippen molar-refractivity contribution >= 4 is 17.1 Å². The molecule has 5 aromatic rings. The van der Waals surface area contributed by atoms with Crippen molar-refractivity contribution in [1.82, 2.24) is 15.2 Å². The van der Waals surface area contributed by atoms with Crippen LogP contribution >= 0.6 is 0 Å². The maximum Gasteiger partial charge on any atom is 0.105 e. The van der Waals surface area contributed by atoms with Gasteiger partial charge in [0, 0.05) is 30.7 Å². The molecule has 164 valence electrons. The highest BCUT2D eigenvalue weighted by atomic mass is 15.4. The first-order valence-corrected chi connectivity index (χ1v) is 11.5. The van der Waals surface area contributed by atoms with Crippen LogP contribution in [0.1, 0.15) is 22.5 Å². The highest BCUT2D eigenvalue weighted by Gasteiger charge is 2.48. The normalized spacial score (nSPS) is 18.0. The number of nitrogens with zero attached hydrogens (tertiary/aromatic N) is 4. The summed E-state index contributed by atoms with van der Waals surface area (Å²) in [4.78, 5) is 9.63. The van der Waals surface area contributed by atoms with Crippen molar-refractivity contribution < 1.29 is 0 Å². The van der Waals surface area contributed by atoms with Crippen molar-refractivity contribution in [3.8, 4) is 11.1 Å². The quantitative estimate of drug-likeness (QED) is 0.382. The zero-order valence-corrected chi connectivity index (χ0v) is 18.8. The Labute approximate surface area is 198 Å². The van der Waals surface area contributed by atoms with E-state index in [0.29, 0.717) is 0 Å². The summed E-state index contributed by atoms with van der Waals surface area (Å²) in [5.41, 5.74) is 9.92. The molecule has 3 heterocycles. The van der Waals surface area contributed by atoms with Crippen LogP contribution in [0.25, 0.3) is 11.1 Å². The minimum atomic E-state index is -0.565. The van der Waals surface area contributed by atoms with E-state index in [1.165, 1.54) is 33.6 Å². The van der Waals surface area contributed by atoms with Crippen LogP contribution in [-0.4, -0.2) is 28.9 Å². The average molecular weight is 442 g/mol. The van der Waals surface area contributed by atoms with Crippen molar-refractivity contribution in [2.75, 3.05) is 23.5 Å². The van der Waals surface area contributed by atoms with Crippen LogP contribution in [0.4, 0.5) is 17.1 Å². The number of pyridine rings is 1. The largest absolute Gasteiger partial charge is 0.355 e. The van der Waals surface area contributed by atoms with E-state index in [1.54, 1.807) is 0 Å². The third-order valence-electron chi connectivity index (χ3n) is 7.22. The molecule has 0 fully saturated rings. The molecule has 1 N–H and O–H groups in total. The molecule has 1 aliphatic heterocycles. The zero-order chi connectivity index (χ0) is 22.7. The SMILES string of the molecule is CN1CN(c2cccc(C3(c4ccn[nH]4)c4ccccc4-c4cccnc43)c2)c2ccccc21. The molecule has 7 rings (SSSR count). The summed E-state index contributed by atoms with van der Waals surface area (Å²) in [6.07, 6.45) is 3.72. The molecular formula is C29H23N5. The van der Waals surface area contributed by atoms with Crippen LogP contribution in [0.2, 0.25) is 0 Å². The van der Waals surface area contributed by atoms with Crippen LogP contribution in [0.15, 0.2) is 103 Å². The van der Waals surface area contributed by atoms with Gasteiger partial charge in [0.15, 0.2) is 0 Å². The molecule has 0 spiro atoms. The highest BCUT2D eigenvalue weighted by Crippen LogP contribution is 2.55. The number of anilines is 3. The molecule has 34 heavy (non-hydrogen) atoms. The minimum Gasteiger partial charge on any atom is -0.355 e. The molecule has 0 radical (unpaired) electrons. The van der Waals surface area contributed by atoms with E-state index in [2.05, 4.69) is 112 Å². The van der Waals surface area contributed by atoms with E-state index in [-0.39, 0.29) is 0 Å². The van der Waals surface area contributed by atoms with Crippen LogP contribution in [0.5, 0.6) is 0 Å². The molecule has 2 aliphatic rings. The van der Waals surface area contributed by atoms with Crippen molar-refractivity contribution in [3.63, 3.8) is 0 Å². The number of H-pyrrole nitrogens is 1. The number of hydrogen-bond donors (Lipinski definition) is 1. The van der Waals surface area contributed by atoms with Gasteiger partial charge < -0.3 is 9.80 Å². The summed E-state index contributed by atoms with van der Waals surface area (Å²) in [5, 5.41) is 7.65. The molecule has 3 aromatic carbocycles. The summed E-state index contributed by atoms with van der Waals surface area (Å²) < 4.78 is 0. The Morgan fingerprint density at radius 2 is 1.62 bits per heavy atom. The molecule has 0 saturated heterocycles. The number of aromatic amines is 1. The summed E-state index contributed by atoms with van der Waals surface area (Å²) in [6, 6.07) is 32.4. The second-order valence-corrected chi connectivity index (χ2v) is 8.97. The Morgan fingerprint density at radius 1 is 0.794 bits per heavy atom. The van der Waals surface area contributed by atoms with Gasteiger partial charge in [-0.3, -0.25) is 10.1 Å². The Morgan fingerprint density at radius 3 is 2.50 bits per heavy atom. The lowest BCUT2D eigenvalue weighted by molar-refractivity contribution is 0.703. The van der Waals surface area contributed by atoms with Crippen molar-refractivity contribution in [1.29, 1.82) is 0 Å². The summed E-state index contributed by atoms with van der Waals surface area (Å²) in [7, 11) is 2.14. The standard InChI is InChI=1S/C29H23N5/c1-33-19-34(26-14-5-4-13-25(26)33)21-9-6-8-20(18-21)29(27-15-17-31-32-27)24-12-3-2-10-22(24)23-11-7-16-30-28(23)29/h2-18H,19H2,1H3,(H,31,32). The number of aromatic nitrogens is 3. The van der Waals surface area contributed by atoms with Gasteiger partial charge in [-0.15, -0.1) is 0 Å². The molecule has 5 nitrogen and oxygen atoms in total. The lowest BCUT2D eigenvalue weighted by atomic mass is 9.72. The molecule has 2 aromatic heterocycles. The van der Waals surface area contributed by atoms with Gasteiger partial charge in [-0.2, -0.15) is 5.10 Å². The van der Waals surface area contributed by atoms with Gasteiger partial charge in [0.1, 0.15) is 5.41 Å². The third kappa shape index (κ3) is 2.44. The van der Waals surface area contributed by atoms with Gasteiger partial charge in [-0.1, -0.05) is 54.6 Å². The number of nitrogens with one attached hydrogen (secondary N) is 1. The zero-order valence-electron chi connectivity index (χ0n) is 18.8. The minimum absolute atomic E-state index is 0.565. The van der Waals surface area contributed by atoms with Crippen LogP contribution < -0.4 is 9.80 Å². The van der Waals surface area contributed by atoms with Gasteiger partial charge in [0.2, 0.25) is 0 Å². The third-order valence-corrected chi connectivity index (χ3v) is 7.22. The van der Waals surface area contributed by atoms with Crippen LogP contribution in [0, 0.1) is 0 Å². The number of para-hydroxylation sites is 2. The number of hydrogen-bond acceptors (Lipinski definition) is 4. The summed E-state index contributed by atoms with van der Waals surface area (Å²) >= 11 is 0. The fourth-order valence-electron chi connectivity index (χ4n) is 5.79. The number of fused-ring (bicyclic) bond motifs is 4. The highest BCUT2D eigenvalue weighted by molar-refractivity contribution is 5.86. The van der Waals surface area contributed by atoms with E-state index in [4.69, 9.17) is 4.98 Å². The maximum absolute atomic E-state index is 4.97. The Hall–Kier alpha value is -4.38. The van der Waals surface area contributed by atoms with Gasteiger partial charge in [-0.25, -0.2) is 0 Å². The molecule has 1 atom stereocenters. The number of rotatable bonds is 3. The first-order valence-electron chi connectivity index (χ1n) is 11.5. The molecular weight excluding hydrogens is 418 g/mol. The number of benzene rings is 3. The predicted octanol–water partition coefficient (Wildman–Crippen LogP) is 5.71.